The number of hydrogen-bond acceptors (Lipinski definition) is 1. The molecule has 1 nitrogen and oxygen atoms in total. The van der Waals surface area contributed by atoms with E-state index in [-0.39, 0.29) is 0 Å². The highest BCUT2D eigenvalue weighted by Crippen LogP contribution is 2.00. The van der Waals surface area contributed by atoms with Crippen LogP contribution in [0.15, 0.2) is 23.4 Å². The van der Waals surface area contributed by atoms with Crippen LogP contribution in [-0.2, 0) is 0 Å². The Labute approximate surface area is 54.2 Å². The maximum absolute atomic E-state index is 4.76. The van der Waals surface area contributed by atoms with Gasteiger partial charge in [-0.15, -0.1) is 0 Å². The monoisotopic (exact) mass is 124 g/mol. The van der Waals surface area contributed by atoms with Gasteiger partial charge in [-0.05, 0) is 18.6 Å². The van der Waals surface area contributed by atoms with Crippen molar-refractivity contribution in [1.29, 1.82) is 0 Å². The van der Waals surface area contributed by atoms with Crippen molar-refractivity contribution < 1.29 is 0 Å². The summed E-state index contributed by atoms with van der Waals surface area (Å²) in [5.41, 5.74) is 1.15. The Kier molecular flexibility index (Phi) is 1.44. The van der Waals surface area contributed by atoms with Crippen LogP contribution in [0.5, 0.6) is 0 Å². The third-order valence-corrected chi connectivity index (χ3v) is 1.13. The molecule has 0 N–H and O–H groups in total. The van der Waals surface area contributed by atoms with E-state index in [1.54, 1.807) is 6.20 Å². The molecule has 8 heavy (non-hydrogen) atoms. The minimum Gasteiger partial charge on any atom is -0.245 e. The molecular weight excluding hydrogens is 118 g/mol. The van der Waals surface area contributed by atoms with E-state index in [0.29, 0.717) is 5.03 Å². The molecule has 2 heteroatoms. The van der Waals surface area contributed by atoms with Gasteiger partial charge < -0.3 is 0 Å². The van der Waals surface area contributed by atoms with E-state index in [9.17, 15) is 0 Å². The average molecular weight is 124 g/mol. The summed E-state index contributed by atoms with van der Waals surface area (Å²) in [6, 6.07) is 3.78. The Hall–Kier alpha value is -0.630. The van der Waals surface area contributed by atoms with Crippen LogP contribution in [-0.4, -0.2) is 4.98 Å². The summed E-state index contributed by atoms with van der Waals surface area (Å²) in [6.45, 7) is 1.99. The Morgan fingerprint density at radius 2 is 2.25 bits per heavy atom. The molecule has 0 bridgehead atoms. The van der Waals surface area contributed by atoms with E-state index in [4.69, 9.17) is 12.6 Å². The van der Waals surface area contributed by atoms with Gasteiger partial charge in [-0.2, -0.15) is 0 Å². The highest BCUT2D eigenvalue weighted by atomic mass is 32.1. The first-order valence-electron chi connectivity index (χ1n) is 2.39. The molecule has 0 fully saturated rings. The van der Waals surface area contributed by atoms with Crippen molar-refractivity contribution in [3.8, 4) is 0 Å². The van der Waals surface area contributed by atoms with Gasteiger partial charge >= 0.3 is 0 Å². The summed E-state index contributed by atoms with van der Waals surface area (Å²) in [6.07, 6.45) is 1.77. The maximum atomic E-state index is 4.76. The first kappa shape index (κ1) is 5.51. The molecule has 41 valence electrons. The third-order valence-electron chi connectivity index (χ3n) is 0.884. The molecule has 0 amide bonds. The third kappa shape index (κ3) is 1.17. The molecule has 0 atom stereocenters. The SMILES string of the molecule is Cc1ccc([S])nc1. The van der Waals surface area contributed by atoms with Gasteiger partial charge in [-0.1, -0.05) is 18.7 Å². The second kappa shape index (κ2) is 2.09. The Morgan fingerprint density at radius 3 is 2.62 bits per heavy atom. The maximum Gasteiger partial charge on any atom is 0.126 e. The quantitative estimate of drug-likeness (QED) is 0.515. The largest absolute Gasteiger partial charge is 0.245 e. The molecule has 0 aliphatic rings. The zero-order valence-electron chi connectivity index (χ0n) is 4.59. The fourth-order valence-electron chi connectivity index (χ4n) is 0.454. The van der Waals surface area contributed by atoms with Crippen LogP contribution >= 0.6 is 12.6 Å². The van der Waals surface area contributed by atoms with E-state index >= 15 is 0 Å². The average Bonchev–Trinajstić information content (AvgIpc) is 1.77. The fraction of sp³-hybridized carbons (Fsp3) is 0.167. The zero-order valence-corrected chi connectivity index (χ0v) is 5.40. The number of rotatable bonds is 0. The lowest BCUT2D eigenvalue weighted by molar-refractivity contribution is 1.12. The van der Waals surface area contributed by atoms with Gasteiger partial charge in [-0.3, -0.25) is 0 Å². The minimum absolute atomic E-state index is 0.663. The van der Waals surface area contributed by atoms with Crippen molar-refractivity contribution in [1.82, 2.24) is 4.98 Å². The molecule has 1 rings (SSSR count). The highest BCUT2D eigenvalue weighted by Gasteiger charge is 1.83. The van der Waals surface area contributed by atoms with Crippen LogP contribution in [0.2, 0.25) is 0 Å². The molecular formula is C6H6NS. The van der Waals surface area contributed by atoms with E-state index in [1.807, 2.05) is 19.1 Å². The minimum atomic E-state index is 0.663. The van der Waals surface area contributed by atoms with Gasteiger partial charge in [0.1, 0.15) is 5.03 Å². The van der Waals surface area contributed by atoms with E-state index in [1.165, 1.54) is 0 Å². The first-order chi connectivity index (χ1) is 3.79. The Morgan fingerprint density at radius 1 is 1.50 bits per heavy atom. The van der Waals surface area contributed by atoms with Gasteiger partial charge in [0.25, 0.3) is 0 Å². The Bertz CT molecular complexity index is 147. The van der Waals surface area contributed by atoms with Gasteiger partial charge in [0.2, 0.25) is 0 Å². The lowest BCUT2D eigenvalue weighted by Gasteiger charge is -1.87. The molecule has 0 spiro atoms. The molecule has 0 aliphatic carbocycles. The van der Waals surface area contributed by atoms with E-state index < -0.39 is 0 Å². The molecule has 0 saturated carbocycles. The van der Waals surface area contributed by atoms with E-state index in [0.717, 1.165) is 5.56 Å². The summed E-state index contributed by atoms with van der Waals surface area (Å²) >= 11 is 4.76. The molecule has 1 heterocycles. The summed E-state index contributed by atoms with van der Waals surface area (Å²) < 4.78 is 0. The summed E-state index contributed by atoms with van der Waals surface area (Å²) in [5.74, 6) is 0. The summed E-state index contributed by atoms with van der Waals surface area (Å²) in [5, 5.41) is 0.663. The Balaban J connectivity index is 3.03. The van der Waals surface area contributed by atoms with Crippen LogP contribution in [0, 0.1) is 6.92 Å². The van der Waals surface area contributed by atoms with Gasteiger partial charge in [0, 0.05) is 6.20 Å². The molecule has 0 unspecified atom stereocenters. The number of nitrogens with zero attached hydrogens (tertiary/aromatic N) is 1. The van der Waals surface area contributed by atoms with Gasteiger partial charge in [0.15, 0.2) is 0 Å². The van der Waals surface area contributed by atoms with Crippen molar-refractivity contribution in [3.05, 3.63) is 23.9 Å². The van der Waals surface area contributed by atoms with Crippen molar-refractivity contribution in [2.75, 3.05) is 0 Å². The molecule has 0 aliphatic heterocycles. The predicted octanol–water partition coefficient (Wildman–Crippen LogP) is 1.95. The highest BCUT2D eigenvalue weighted by molar-refractivity contribution is 7.80. The normalized spacial score (nSPS) is 9.12. The lowest BCUT2D eigenvalue weighted by Crippen LogP contribution is -1.74. The standard InChI is InChI=1S/C6H6NS/c1-5-2-3-6(8)7-4-5/h2-4H,1H3. The zero-order chi connectivity index (χ0) is 5.98. The topological polar surface area (TPSA) is 12.9 Å². The van der Waals surface area contributed by atoms with Crippen molar-refractivity contribution in [2.45, 2.75) is 11.9 Å². The molecule has 0 saturated heterocycles. The first-order valence-corrected chi connectivity index (χ1v) is 2.79. The molecule has 0 aromatic carbocycles. The van der Waals surface area contributed by atoms with Crippen LogP contribution < -0.4 is 0 Å². The van der Waals surface area contributed by atoms with Crippen LogP contribution in [0.1, 0.15) is 5.56 Å². The molecule has 1 radical (unpaired) electrons. The molecule has 1 aromatic rings. The number of pyridine rings is 1. The van der Waals surface area contributed by atoms with Crippen LogP contribution in [0.4, 0.5) is 0 Å². The van der Waals surface area contributed by atoms with Crippen molar-refractivity contribution in [3.63, 3.8) is 0 Å². The van der Waals surface area contributed by atoms with Gasteiger partial charge in [-0.25, -0.2) is 4.98 Å². The predicted molar refractivity (Wildman–Crippen MR) is 34.8 cm³/mol. The summed E-state index contributed by atoms with van der Waals surface area (Å²) in [4.78, 5) is 3.89. The lowest BCUT2D eigenvalue weighted by atomic mass is 10.3. The van der Waals surface area contributed by atoms with Crippen molar-refractivity contribution in [2.24, 2.45) is 0 Å². The van der Waals surface area contributed by atoms with E-state index in [2.05, 4.69) is 4.98 Å². The second-order valence-electron chi connectivity index (χ2n) is 1.67. The number of aryl methyl sites for hydroxylation is 1. The second-order valence-corrected chi connectivity index (χ2v) is 2.09. The van der Waals surface area contributed by atoms with Crippen molar-refractivity contribution >= 4 is 12.6 Å². The van der Waals surface area contributed by atoms with Crippen LogP contribution in [0.3, 0.4) is 0 Å². The number of aromatic nitrogens is 1. The van der Waals surface area contributed by atoms with Crippen LogP contribution in [0.25, 0.3) is 0 Å². The van der Waals surface area contributed by atoms with Gasteiger partial charge in [0.05, 0.1) is 0 Å². The summed E-state index contributed by atoms with van der Waals surface area (Å²) in [7, 11) is 0. The smallest absolute Gasteiger partial charge is 0.126 e. The molecule has 1 aromatic heterocycles. The fourth-order valence-corrected chi connectivity index (χ4v) is 0.575. The number of hydrogen-bond donors (Lipinski definition) is 0.